The Hall–Kier alpha value is -1.86. The lowest BCUT2D eigenvalue weighted by Gasteiger charge is -2.28. The Bertz CT molecular complexity index is 748. The zero-order valence-electron chi connectivity index (χ0n) is 19.8. The van der Waals surface area contributed by atoms with Crippen LogP contribution in [0.2, 0.25) is 0 Å². The van der Waals surface area contributed by atoms with Crippen LogP contribution in [0.25, 0.3) is 0 Å². The second-order valence-corrected chi connectivity index (χ2v) is 9.42. The van der Waals surface area contributed by atoms with Crippen molar-refractivity contribution in [1.82, 2.24) is 0 Å². The lowest BCUT2D eigenvalue weighted by atomic mass is 9.78. The van der Waals surface area contributed by atoms with E-state index in [-0.39, 0.29) is 0 Å². The summed E-state index contributed by atoms with van der Waals surface area (Å²) >= 11 is 0. The first-order valence-corrected chi connectivity index (χ1v) is 12.6. The summed E-state index contributed by atoms with van der Waals surface area (Å²) in [5.41, 5.74) is 5.64. The van der Waals surface area contributed by atoms with Gasteiger partial charge in [0.25, 0.3) is 0 Å². The van der Waals surface area contributed by atoms with E-state index in [0.29, 0.717) is 0 Å². The second-order valence-electron chi connectivity index (χ2n) is 9.42. The Labute approximate surface area is 190 Å². The van der Waals surface area contributed by atoms with E-state index in [4.69, 9.17) is 4.74 Å². The number of rotatable bonds is 12. The predicted octanol–water partition coefficient (Wildman–Crippen LogP) is 8.10. The quantitative estimate of drug-likeness (QED) is 0.250. The molecular formula is C30H42O. The standard InChI is InChI=1S/C30H42O/c1-3-5-6-25-7-9-26(10-8-25)11-12-27-13-15-28(16-14-27)17-18-29-19-21-30(22-20-29)24-31-23-4-2/h3,5,13-16,19-22,25-26H,4,6-12,17-18,23-24H2,1-2H3/t25-,26-. The summed E-state index contributed by atoms with van der Waals surface area (Å²) in [6.07, 6.45) is 17.5. The van der Waals surface area contributed by atoms with E-state index in [1.807, 2.05) is 0 Å². The normalized spacial score (nSPS) is 19.2. The molecule has 0 unspecified atom stereocenters. The number of benzene rings is 2. The highest BCUT2D eigenvalue weighted by molar-refractivity contribution is 5.26. The maximum absolute atomic E-state index is 5.62. The van der Waals surface area contributed by atoms with Crippen molar-refractivity contribution in [2.75, 3.05) is 6.61 Å². The van der Waals surface area contributed by atoms with Gasteiger partial charge < -0.3 is 4.74 Å². The molecule has 1 aliphatic carbocycles. The van der Waals surface area contributed by atoms with Gasteiger partial charge in [0.15, 0.2) is 0 Å². The van der Waals surface area contributed by atoms with Crippen molar-refractivity contribution in [2.24, 2.45) is 11.8 Å². The summed E-state index contributed by atoms with van der Waals surface area (Å²) in [5.74, 6) is 1.88. The zero-order chi connectivity index (χ0) is 21.7. The van der Waals surface area contributed by atoms with Gasteiger partial charge in [-0.25, -0.2) is 0 Å². The van der Waals surface area contributed by atoms with Gasteiger partial charge in [0.1, 0.15) is 0 Å². The Morgan fingerprint density at radius 2 is 1.26 bits per heavy atom. The van der Waals surface area contributed by atoms with Crippen LogP contribution in [0, 0.1) is 11.8 Å². The third-order valence-electron chi connectivity index (χ3n) is 6.88. The van der Waals surface area contributed by atoms with Gasteiger partial charge in [-0.2, -0.15) is 0 Å². The molecule has 0 saturated heterocycles. The molecule has 31 heavy (non-hydrogen) atoms. The van der Waals surface area contributed by atoms with Crippen LogP contribution in [0.3, 0.4) is 0 Å². The molecule has 3 rings (SSSR count). The van der Waals surface area contributed by atoms with Crippen LogP contribution in [0.4, 0.5) is 0 Å². The molecule has 1 fully saturated rings. The highest BCUT2D eigenvalue weighted by atomic mass is 16.5. The van der Waals surface area contributed by atoms with Crippen molar-refractivity contribution in [3.05, 3.63) is 82.9 Å². The average molecular weight is 419 g/mol. The Kier molecular flexibility index (Phi) is 10.4. The Morgan fingerprint density at radius 3 is 1.81 bits per heavy atom. The summed E-state index contributed by atoms with van der Waals surface area (Å²) in [6, 6.07) is 18.3. The van der Waals surface area contributed by atoms with E-state index in [1.54, 1.807) is 0 Å². The smallest absolute Gasteiger partial charge is 0.0716 e. The van der Waals surface area contributed by atoms with E-state index >= 15 is 0 Å². The van der Waals surface area contributed by atoms with Gasteiger partial charge in [0, 0.05) is 6.61 Å². The highest BCUT2D eigenvalue weighted by Gasteiger charge is 2.20. The Morgan fingerprint density at radius 1 is 0.742 bits per heavy atom. The number of aryl methyl sites for hydroxylation is 3. The summed E-state index contributed by atoms with van der Waals surface area (Å²) in [7, 11) is 0. The van der Waals surface area contributed by atoms with E-state index in [2.05, 4.69) is 74.5 Å². The molecule has 0 spiro atoms. The molecule has 1 nitrogen and oxygen atoms in total. The fourth-order valence-electron chi connectivity index (χ4n) is 4.75. The fraction of sp³-hybridized carbons (Fsp3) is 0.533. The molecule has 0 heterocycles. The van der Waals surface area contributed by atoms with Gasteiger partial charge in [-0.15, -0.1) is 0 Å². The number of allylic oxidation sites excluding steroid dienone is 2. The molecule has 0 amide bonds. The summed E-state index contributed by atoms with van der Waals surface area (Å²) in [5, 5.41) is 0. The van der Waals surface area contributed by atoms with Crippen molar-refractivity contribution >= 4 is 0 Å². The zero-order valence-corrected chi connectivity index (χ0v) is 19.8. The van der Waals surface area contributed by atoms with Crippen molar-refractivity contribution in [3.63, 3.8) is 0 Å². The molecule has 168 valence electrons. The molecule has 2 aromatic rings. The van der Waals surface area contributed by atoms with Crippen LogP contribution in [0.15, 0.2) is 60.7 Å². The molecule has 0 aromatic heterocycles. The minimum Gasteiger partial charge on any atom is -0.377 e. The third-order valence-corrected chi connectivity index (χ3v) is 6.88. The third kappa shape index (κ3) is 8.65. The van der Waals surface area contributed by atoms with Gasteiger partial charge in [-0.05, 0) is 92.4 Å². The van der Waals surface area contributed by atoms with Gasteiger partial charge in [0.2, 0.25) is 0 Å². The van der Waals surface area contributed by atoms with Crippen LogP contribution in [-0.2, 0) is 30.6 Å². The first kappa shape index (κ1) is 23.8. The molecule has 1 saturated carbocycles. The van der Waals surface area contributed by atoms with Crippen molar-refractivity contribution < 1.29 is 4.74 Å². The van der Waals surface area contributed by atoms with Gasteiger partial charge in [-0.3, -0.25) is 0 Å². The number of hydrogen-bond acceptors (Lipinski definition) is 1. The molecular weight excluding hydrogens is 376 g/mol. The molecule has 1 aliphatic rings. The topological polar surface area (TPSA) is 9.23 Å². The van der Waals surface area contributed by atoms with E-state index in [9.17, 15) is 0 Å². The maximum Gasteiger partial charge on any atom is 0.0716 e. The molecule has 0 radical (unpaired) electrons. The molecule has 0 bridgehead atoms. The number of ether oxygens (including phenoxy) is 1. The largest absolute Gasteiger partial charge is 0.377 e. The first-order chi connectivity index (χ1) is 15.3. The van der Waals surface area contributed by atoms with Crippen molar-refractivity contribution in [2.45, 2.75) is 84.7 Å². The van der Waals surface area contributed by atoms with Crippen molar-refractivity contribution in [1.29, 1.82) is 0 Å². The van der Waals surface area contributed by atoms with Gasteiger partial charge in [-0.1, -0.05) is 80.4 Å². The minimum atomic E-state index is 0.729. The van der Waals surface area contributed by atoms with Gasteiger partial charge >= 0.3 is 0 Å². The van der Waals surface area contributed by atoms with E-state index in [0.717, 1.165) is 44.3 Å². The number of hydrogen-bond donors (Lipinski definition) is 0. The first-order valence-electron chi connectivity index (χ1n) is 12.6. The lowest BCUT2D eigenvalue weighted by Crippen LogP contribution is -2.14. The summed E-state index contributed by atoms with van der Waals surface area (Å²) in [4.78, 5) is 0. The molecule has 0 N–H and O–H groups in total. The maximum atomic E-state index is 5.62. The van der Waals surface area contributed by atoms with Crippen molar-refractivity contribution in [3.8, 4) is 0 Å². The fourth-order valence-corrected chi connectivity index (χ4v) is 4.75. The highest BCUT2D eigenvalue weighted by Crippen LogP contribution is 2.33. The van der Waals surface area contributed by atoms with E-state index < -0.39 is 0 Å². The predicted molar refractivity (Wildman–Crippen MR) is 133 cm³/mol. The van der Waals surface area contributed by atoms with Crippen LogP contribution < -0.4 is 0 Å². The van der Waals surface area contributed by atoms with E-state index in [1.165, 1.54) is 67.2 Å². The lowest BCUT2D eigenvalue weighted by molar-refractivity contribution is 0.121. The monoisotopic (exact) mass is 418 g/mol. The molecule has 1 heteroatoms. The van der Waals surface area contributed by atoms with Crippen LogP contribution in [0.5, 0.6) is 0 Å². The minimum absolute atomic E-state index is 0.729. The molecule has 2 aromatic carbocycles. The Balaban J connectivity index is 1.35. The molecule has 0 aliphatic heterocycles. The SMILES string of the molecule is CC=CC[C@H]1CC[C@H](CCc2ccc(CCc3ccc(COCCC)cc3)cc2)CC1. The average Bonchev–Trinajstić information content (AvgIpc) is 2.82. The van der Waals surface area contributed by atoms with Gasteiger partial charge in [0.05, 0.1) is 6.61 Å². The molecule has 0 atom stereocenters. The summed E-state index contributed by atoms with van der Waals surface area (Å²) < 4.78 is 5.62. The van der Waals surface area contributed by atoms with Crippen LogP contribution >= 0.6 is 0 Å². The summed E-state index contributed by atoms with van der Waals surface area (Å²) in [6.45, 7) is 5.86. The second kappa shape index (κ2) is 13.5. The van der Waals surface area contributed by atoms with Crippen LogP contribution in [-0.4, -0.2) is 6.61 Å². The van der Waals surface area contributed by atoms with Crippen LogP contribution in [0.1, 0.15) is 81.0 Å².